The number of ketones is 1. The van der Waals surface area contributed by atoms with E-state index in [1.54, 1.807) is 30.3 Å². The molecule has 0 aliphatic carbocycles. The van der Waals surface area contributed by atoms with Crippen LogP contribution in [-0.4, -0.2) is 25.4 Å². The highest BCUT2D eigenvalue weighted by molar-refractivity contribution is 7.92. The summed E-state index contributed by atoms with van der Waals surface area (Å²) in [7, 11) is -3.48. The van der Waals surface area contributed by atoms with E-state index in [4.69, 9.17) is 0 Å². The molecule has 1 unspecified atom stereocenters. The summed E-state index contributed by atoms with van der Waals surface area (Å²) in [6.45, 7) is 3.66. The van der Waals surface area contributed by atoms with Gasteiger partial charge in [-0.05, 0) is 36.2 Å². The van der Waals surface area contributed by atoms with E-state index in [0.29, 0.717) is 22.5 Å². The molecule has 0 aliphatic rings. The fourth-order valence-electron chi connectivity index (χ4n) is 3.11. The third kappa shape index (κ3) is 4.31. The lowest BCUT2D eigenvalue weighted by Gasteiger charge is -2.13. The minimum absolute atomic E-state index is 0.121. The van der Waals surface area contributed by atoms with Gasteiger partial charge in [-0.15, -0.1) is 0 Å². The first-order chi connectivity index (χ1) is 13.2. The van der Waals surface area contributed by atoms with Crippen LogP contribution in [0.5, 0.6) is 0 Å². The van der Waals surface area contributed by atoms with E-state index in [1.165, 1.54) is 6.07 Å². The van der Waals surface area contributed by atoms with Gasteiger partial charge in [0.2, 0.25) is 15.8 Å². The molecular weight excluding hydrogens is 379 g/mol. The Labute approximate surface area is 163 Å². The second-order valence-corrected chi connectivity index (χ2v) is 8.56. The molecule has 7 heteroatoms. The second-order valence-electron chi connectivity index (χ2n) is 6.81. The number of carbonyl (C=O) groups is 1. The average molecular weight is 400 g/mol. The number of sulfonamides is 1. The van der Waals surface area contributed by atoms with Crippen molar-refractivity contribution in [2.24, 2.45) is 0 Å². The highest BCUT2D eigenvalue weighted by atomic mass is 32.2. The number of aryl methyl sites for hydroxylation is 1. The van der Waals surface area contributed by atoms with Gasteiger partial charge >= 0.3 is 0 Å². The molecule has 2 aromatic carbocycles. The lowest BCUT2D eigenvalue weighted by molar-refractivity contribution is 0.103. The Bertz CT molecular complexity index is 1120. The van der Waals surface area contributed by atoms with Crippen LogP contribution in [0.2, 0.25) is 0 Å². The van der Waals surface area contributed by atoms with Crippen molar-refractivity contribution < 1.29 is 17.6 Å². The molecule has 0 bridgehead atoms. The van der Waals surface area contributed by atoms with Crippen molar-refractivity contribution in [1.82, 2.24) is 4.98 Å². The van der Waals surface area contributed by atoms with Crippen LogP contribution < -0.4 is 4.72 Å². The third-order valence-corrected chi connectivity index (χ3v) is 5.14. The zero-order valence-electron chi connectivity index (χ0n) is 15.8. The number of hydrogen-bond acceptors (Lipinski definition) is 3. The predicted octanol–water partition coefficient (Wildman–Crippen LogP) is 4.22. The van der Waals surface area contributed by atoms with E-state index >= 15 is 0 Å². The Morgan fingerprint density at radius 1 is 1.11 bits per heavy atom. The van der Waals surface area contributed by atoms with Crippen LogP contribution in [-0.2, 0) is 10.0 Å². The fraction of sp³-hybridized carbons (Fsp3) is 0.190. The standard InChI is InChI=1S/C21H21FN2O3S/c1-13-11-19(23-20(13)21(25)15-7-5-4-6-8-15)14(2)17-10-9-16(12-18(17)22)24-28(3,26)27/h4-12,14,23-24H,1-3H3. The molecule has 1 aromatic heterocycles. The smallest absolute Gasteiger partial charge is 0.229 e. The van der Waals surface area contributed by atoms with Crippen LogP contribution in [0.1, 0.15) is 45.7 Å². The molecule has 0 aliphatic heterocycles. The second kappa shape index (κ2) is 7.59. The van der Waals surface area contributed by atoms with Gasteiger partial charge in [0.1, 0.15) is 5.82 Å². The topological polar surface area (TPSA) is 79.0 Å². The number of anilines is 1. The quantitative estimate of drug-likeness (QED) is 0.608. The van der Waals surface area contributed by atoms with Crippen molar-refractivity contribution in [3.05, 3.63) is 88.5 Å². The van der Waals surface area contributed by atoms with Crippen LogP contribution in [0.3, 0.4) is 0 Å². The first kappa shape index (κ1) is 19.8. The molecule has 1 atom stereocenters. The van der Waals surface area contributed by atoms with Crippen molar-refractivity contribution in [1.29, 1.82) is 0 Å². The van der Waals surface area contributed by atoms with E-state index in [2.05, 4.69) is 9.71 Å². The summed E-state index contributed by atoms with van der Waals surface area (Å²) in [5, 5.41) is 0. The minimum atomic E-state index is -3.48. The van der Waals surface area contributed by atoms with Crippen molar-refractivity contribution in [3.8, 4) is 0 Å². The van der Waals surface area contributed by atoms with Gasteiger partial charge in [0, 0.05) is 17.2 Å². The Morgan fingerprint density at radius 3 is 2.39 bits per heavy atom. The third-order valence-electron chi connectivity index (χ3n) is 4.54. The zero-order valence-corrected chi connectivity index (χ0v) is 16.6. The number of hydrogen-bond donors (Lipinski definition) is 2. The lowest BCUT2D eigenvalue weighted by Crippen LogP contribution is -2.10. The molecule has 0 fully saturated rings. The molecular formula is C21H21FN2O3S. The average Bonchev–Trinajstić information content (AvgIpc) is 3.02. The van der Waals surface area contributed by atoms with Gasteiger partial charge in [-0.1, -0.05) is 43.3 Å². The van der Waals surface area contributed by atoms with Gasteiger partial charge in [-0.2, -0.15) is 0 Å². The summed E-state index contributed by atoms with van der Waals surface area (Å²) < 4.78 is 39.4. The number of carbonyl (C=O) groups excluding carboxylic acids is 1. The Kier molecular flexibility index (Phi) is 5.38. The van der Waals surface area contributed by atoms with Gasteiger partial charge in [0.25, 0.3) is 0 Å². The van der Waals surface area contributed by atoms with E-state index < -0.39 is 15.8 Å². The lowest BCUT2D eigenvalue weighted by atomic mass is 9.97. The summed E-state index contributed by atoms with van der Waals surface area (Å²) in [6.07, 6.45) is 1.01. The summed E-state index contributed by atoms with van der Waals surface area (Å²) in [5.41, 5.74) is 3.11. The van der Waals surface area contributed by atoms with Gasteiger partial charge in [0.15, 0.2) is 0 Å². The molecule has 0 radical (unpaired) electrons. The number of aromatic nitrogens is 1. The van der Waals surface area contributed by atoms with Crippen molar-refractivity contribution >= 4 is 21.5 Å². The molecule has 0 saturated heterocycles. The zero-order chi connectivity index (χ0) is 20.5. The van der Waals surface area contributed by atoms with Crippen molar-refractivity contribution in [2.75, 3.05) is 11.0 Å². The normalized spacial score (nSPS) is 12.6. The number of aromatic amines is 1. The highest BCUT2D eigenvalue weighted by Gasteiger charge is 2.20. The van der Waals surface area contributed by atoms with Gasteiger partial charge in [-0.25, -0.2) is 12.8 Å². The van der Waals surface area contributed by atoms with E-state index in [9.17, 15) is 17.6 Å². The summed E-state index contributed by atoms with van der Waals surface area (Å²) in [5.74, 6) is -0.989. The van der Waals surface area contributed by atoms with Crippen molar-refractivity contribution in [2.45, 2.75) is 19.8 Å². The maximum Gasteiger partial charge on any atom is 0.229 e. The largest absolute Gasteiger partial charge is 0.355 e. The van der Waals surface area contributed by atoms with E-state index in [-0.39, 0.29) is 17.4 Å². The first-order valence-electron chi connectivity index (χ1n) is 8.72. The summed E-state index contributed by atoms with van der Waals surface area (Å²) in [6, 6.07) is 15.0. The van der Waals surface area contributed by atoms with Crippen molar-refractivity contribution in [3.63, 3.8) is 0 Å². The first-order valence-corrected chi connectivity index (χ1v) is 10.6. The molecule has 1 heterocycles. The predicted molar refractivity (Wildman–Crippen MR) is 108 cm³/mol. The molecule has 3 rings (SSSR count). The maximum atomic E-state index is 14.6. The molecule has 0 spiro atoms. The molecule has 5 nitrogen and oxygen atoms in total. The number of rotatable bonds is 6. The molecule has 0 saturated carbocycles. The number of benzene rings is 2. The number of H-pyrrole nitrogens is 1. The Balaban J connectivity index is 1.89. The van der Waals surface area contributed by atoms with E-state index in [1.807, 2.05) is 26.0 Å². The van der Waals surface area contributed by atoms with Gasteiger partial charge in [0.05, 0.1) is 17.6 Å². The van der Waals surface area contributed by atoms with Crippen LogP contribution in [0, 0.1) is 12.7 Å². The minimum Gasteiger partial charge on any atom is -0.355 e. The fourth-order valence-corrected chi connectivity index (χ4v) is 3.67. The molecule has 28 heavy (non-hydrogen) atoms. The number of nitrogens with one attached hydrogen (secondary N) is 2. The molecule has 2 N–H and O–H groups in total. The maximum absolute atomic E-state index is 14.6. The van der Waals surface area contributed by atoms with Crippen LogP contribution >= 0.6 is 0 Å². The molecule has 3 aromatic rings. The van der Waals surface area contributed by atoms with Crippen LogP contribution in [0.4, 0.5) is 10.1 Å². The Hall–Kier alpha value is -2.93. The monoisotopic (exact) mass is 400 g/mol. The summed E-state index contributed by atoms with van der Waals surface area (Å²) in [4.78, 5) is 15.8. The summed E-state index contributed by atoms with van der Waals surface area (Å²) >= 11 is 0. The van der Waals surface area contributed by atoms with Gasteiger partial charge in [-0.3, -0.25) is 9.52 Å². The molecule has 146 valence electrons. The Morgan fingerprint density at radius 2 is 1.79 bits per heavy atom. The van der Waals surface area contributed by atoms with Crippen LogP contribution in [0.15, 0.2) is 54.6 Å². The van der Waals surface area contributed by atoms with Gasteiger partial charge < -0.3 is 4.98 Å². The molecule has 0 amide bonds. The van der Waals surface area contributed by atoms with E-state index in [0.717, 1.165) is 17.9 Å². The SMILES string of the molecule is Cc1cc(C(C)c2ccc(NS(C)(=O)=O)cc2F)[nH]c1C(=O)c1ccccc1. The highest BCUT2D eigenvalue weighted by Crippen LogP contribution is 2.29. The number of halogens is 1. The van der Waals surface area contributed by atoms with Crippen LogP contribution in [0.25, 0.3) is 0 Å².